The molecule has 0 aliphatic heterocycles. The van der Waals surface area contributed by atoms with Gasteiger partial charge in [0.25, 0.3) is 0 Å². The molecule has 5 heteroatoms. The second-order valence-electron chi connectivity index (χ2n) is 2.39. The summed E-state index contributed by atoms with van der Waals surface area (Å²) in [6.45, 7) is 1.83. The molecule has 1 heterocycles. The van der Waals surface area contributed by atoms with Gasteiger partial charge < -0.3 is 9.84 Å². The number of carbonyl (C=O) groups excluding carboxylic acids is 1. The first kappa shape index (κ1) is 9.99. The number of hydrogen-bond acceptors (Lipinski definition) is 5. The molecule has 1 N–H and O–H groups in total. The quantitative estimate of drug-likeness (QED) is 0.702. The molecule has 1 aromatic rings. The number of esters is 1. The third kappa shape index (κ3) is 1.80. The van der Waals surface area contributed by atoms with E-state index in [1.54, 1.807) is 13.0 Å². The monoisotopic (exact) mass is 192 g/mol. The Balaban J connectivity index is 3.11. The summed E-state index contributed by atoms with van der Waals surface area (Å²) in [6, 6.07) is 3.05. The summed E-state index contributed by atoms with van der Waals surface area (Å²) in [7, 11) is 0. The van der Waals surface area contributed by atoms with Crippen LogP contribution in [0.4, 0.5) is 0 Å². The zero-order chi connectivity index (χ0) is 10.6. The van der Waals surface area contributed by atoms with Gasteiger partial charge in [-0.15, -0.1) is 0 Å². The molecular weight excluding hydrogens is 184 g/mol. The van der Waals surface area contributed by atoms with Crippen molar-refractivity contribution in [2.75, 3.05) is 6.61 Å². The molecule has 0 fully saturated rings. The fourth-order valence-corrected chi connectivity index (χ4v) is 0.893. The first-order valence-electron chi connectivity index (χ1n) is 3.96. The Kier molecular flexibility index (Phi) is 3.02. The lowest BCUT2D eigenvalue weighted by Crippen LogP contribution is -2.07. The first-order chi connectivity index (χ1) is 6.70. The van der Waals surface area contributed by atoms with E-state index in [9.17, 15) is 9.90 Å². The standard InChI is InChI=1S/C9H8N2O3/c1-2-14-9(13)7-8(12)6(5-10)3-4-11-7/h3-4,12H,2H2,1H3. The zero-order valence-corrected chi connectivity index (χ0v) is 7.52. The smallest absolute Gasteiger partial charge is 0.360 e. The maximum absolute atomic E-state index is 11.2. The molecule has 14 heavy (non-hydrogen) atoms. The van der Waals surface area contributed by atoms with E-state index in [4.69, 9.17) is 5.26 Å². The molecule has 0 radical (unpaired) electrons. The van der Waals surface area contributed by atoms with Gasteiger partial charge in [-0.2, -0.15) is 5.26 Å². The van der Waals surface area contributed by atoms with Crippen LogP contribution in [-0.4, -0.2) is 22.7 Å². The SMILES string of the molecule is CCOC(=O)c1nccc(C#N)c1O. The van der Waals surface area contributed by atoms with Gasteiger partial charge in [0.15, 0.2) is 11.4 Å². The maximum atomic E-state index is 11.2. The van der Waals surface area contributed by atoms with Crippen molar-refractivity contribution in [1.29, 1.82) is 5.26 Å². The molecule has 0 saturated heterocycles. The molecule has 0 atom stereocenters. The van der Waals surface area contributed by atoms with E-state index in [0.717, 1.165) is 0 Å². The molecule has 0 aliphatic rings. The van der Waals surface area contributed by atoms with Crippen molar-refractivity contribution in [3.8, 4) is 11.8 Å². The van der Waals surface area contributed by atoms with Crippen LogP contribution in [0.5, 0.6) is 5.75 Å². The van der Waals surface area contributed by atoms with Crippen LogP contribution in [0.3, 0.4) is 0 Å². The van der Waals surface area contributed by atoms with E-state index in [0.29, 0.717) is 0 Å². The molecule has 0 spiro atoms. The Hall–Kier alpha value is -2.09. The molecule has 0 amide bonds. The first-order valence-corrected chi connectivity index (χ1v) is 3.96. The van der Waals surface area contributed by atoms with Gasteiger partial charge in [0.2, 0.25) is 0 Å². The van der Waals surface area contributed by atoms with E-state index >= 15 is 0 Å². The highest BCUT2D eigenvalue weighted by Gasteiger charge is 2.16. The number of ether oxygens (including phenoxy) is 1. The molecule has 0 saturated carbocycles. The third-order valence-corrected chi connectivity index (χ3v) is 1.51. The Morgan fingerprint density at radius 3 is 3.07 bits per heavy atom. The van der Waals surface area contributed by atoms with E-state index in [2.05, 4.69) is 9.72 Å². The topological polar surface area (TPSA) is 83.2 Å². The number of aromatic nitrogens is 1. The van der Waals surface area contributed by atoms with Gasteiger partial charge in [0.05, 0.1) is 12.2 Å². The number of nitriles is 1. The van der Waals surface area contributed by atoms with Gasteiger partial charge in [-0.25, -0.2) is 9.78 Å². The molecule has 0 aromatic carbocycles. The lowest BCUT2D eigenvalue weighted by molar-refractivity contribution is 0.0516. The van der Waals surface area contributed by atoms with Crippen molar-refractivity contribution < 1.29 is 14.6 Å². The van der Waals surface area contributed by atoms with Crippen LogP contribution in [0.15, 0.2) is 12.3 Å². The second-order valence-corrected chi connectivity index (χ2v) is 2.39. The predicted octanol–water partition coefficient (Wildman–Crippen LogP) is 0.836. The fraction of sp³-hybridized carbons (Fsp3) is 0.222. The number of aromatic hydroxyl groups is 1. The molecular formula is C9H8N2O3. The van der Waals surface area contributed by atoms with Crippen molar-refractivity contribution in [1.82, 2.24) is 4.98 Å². The number of pyridine rings is 1. The summed E-state index contributed by atoms with van der Waals surface area (Å²) >= 11 is 0. The molecule has 1 rings (SSSR count). The van der Waals surface area contributed by atoms with Crippen LogP contribution in [0.1, 0.15) is 23.0 Å². The van der Waals surface area contributed by atoms with Crippen molar-refractivity contribution in [3.05, 3.63) is 23.5 Å². The summed E-state index contributed by atoms with van der Waals surface area (Å²) in [5.74, 6) is -1.17. The molecule has 1 aromatic heterocycles. The van der Waals surface area contributed by atoms with Crippen molar-refractivity contribution in [2.24, 2.45) is 0 Å². The van der Waals surface area contributed by atoms with E-state index in [-0.39, 0.29) is 17.9 Å². The van der Waals surface area contributed by atoms with Gasteiger partial charge in [0, 0.05) is 6.20 Å². The summed E-state index contributed by atoms with van der Waals surface area (Å²) in [4.78, 5) is 14.8. The summed E-state index contributed by atoms with van der Waals surface area (Å²) in [6.07, 6.45) is 1.27. The van der Waals surface area contributed by atoms with Gasteiger partial charge in [-0.05, 0) is 13.0 Å². The van der Waals surface area contributed by atoms with Crippen LogP contribution >= 0.6 is 0 Å². The maximum Gasteiger partial charge on any atom is 0.360 e. The average molecular weight is 192 g/mol. The number of carbonyl (C=O) groups is 1. The van der Waals surface area contributed by atoms with E-state index in [1.807, 2.05) is 0 Å². The van der Waals surface area contributed by atoms with Crippen LogP contribution in [0.25, 0.3) is 0 Å². The average Bonchev–Trinajstić information content (AvgIpc) is 2.18. The normalized spacial score (nSPS) is 9.14. The zero-order valence-electron chi connectivity index (χ0n) is 7.52. The summed E-state index contributed by atoms with van der Waals surface area (Å²) in [5.41, 5.74) is -0.228. The van der Waals surface area contributed by atoms with Crippen molar-refractivity contribution in [2.45, 2.75) is 6.92 Å². The Morgan fingerprint density at radius 2 is 2.50 bits per heavy atom. The minimum absolute atomic E-state index is 0.00283. The van der Waals surface area contributed by atoms with Gasteiger partial charge >= 0.3 is 5.97 Å². The van der Waals surface area contributed by atoms with Crippen LogP contribution in [0.2, 0.25) is 0 Å². The molecule has 72 valence electrons. The molecule has 0 bridgehead atoms. The van der Waals surface area contributed by atoms with Crippen LogP contribution in [0, 0.1) is 11.3 Å². The summed E-state index contributed by atoms with van der Waals surface area (Å²) < 4.78 is 4.64. The lowest BCUT2D eigenvalue weighted by atomic mass is 10.2. The van der Waals surface area contributed by atoms with Gasteiger partial charge in [-0.1, -0.05) is 0 Å². The Bertz CT molecular complexity index is 396. The largest absolute Gasteiger partial charge is 0.504 e. The highest BCUT2D eigenvalue weighted by molar-refractivity contribution is 5.90. The Labute approximate surface area is 80.6 Å². The number of rotatable bonds is 2. The Morgan fingerprint density at radius 1 is 1.79 bits per heavy atom. The molecule has 5 nitrogen and oxygen atoms in total. The second kappa shape index (κ2) is 4.23. The predicted molar refractivity (Wildman–Crippen MR) is 46.6 cm³/mol. The van der Waals surface area contributed by atoms with Gasteiger partial charge in [-0.3, -0.25) is 0 Å². The number of nitrogens with zero attached hydrogens (tertiary/aromatic N) is 2. The highest BCUT2D eigenvalue weighted by Crippen LogP contribution is 2.19. The third-order valence-electron chi connectivity index (χ3n) is 1.51. The van der Waals surface area contributed by atoms with Crippen LogP contribution < -0.4 is 0 Å². The van der Waals surface area contributed by atoms with E-state index in [1.165, 1.54) is 12.3 Å². The summed E-state index contributed by atoms with van der Waals surface area (Å²) in [5, 5.41) is 18.0. The van der Waals surface area contributed by atoms with Gasteiger partial charge in [0.1, 0.15) is 6.07 Å². The van der Waals surface area contributed by atoms with Crippen molar-refractivity contribution >= 4 is 5.97 Å². The van der Waals surface area contributed by atoms with Crippen LogP contribution in [-0.2, 0) is 4.74 Å². The lowest BCUT2D eigenvalue weighted by Gasteiger charge is -2.03. The minimum atomic E-state index is -0.734. The fourth-order valence-electron chi connectivity index (χ4n) is 0.893. The minimum Gasteiger partial charge on any atom is -0.504 e. The molecule has 0 unspecified atom stereocenters. The molecule has 0 aliphatic carbocycles. The highest BCUT2D eigenvalue weighted by atomic mass is 16.5. The van der Waals surface area contributed by atoms with Crippen molar-refractivity contribution in [3.63, 3.8) is 0 Å². The van der Waals surface area contributed by atoms with E-state index < -0.39 is 11.7 Å². The number of hydrogen-bond donors (Lipinski definition) is 1.